The number of carbonyl (C=O) groups excluding carboxylic acids is 1. The van der Waals surface area contributed by atoms with Gasteiger partial charge in [-0.2, -0.15) is 0 Å². The summed E-state index contributed by atoms with van der Waals surface area (Å²) in [4.78, 5) is 10.8. The summed E-state index contributed by atoms with van der Waals surface area (Å²) in [6.07, 6.45) is 0. The Morgan fingerprint density at radius 1 is 1.20 bits per heavy atom. The van der Waals surface area contributed by atoms with Gasteiger partial charge in [-0.05, 0) is 27.7 Å². The zero-order valence-electron chi connectivity index (χ0n) is 10.0. The lowest BCUT2D eigenvalue weighted by molar-refractivity contribution is -0.125. The van der Waals surface area contributed by atoms with Crippen LogP contribution < -0.4 is 11.5 Å². The van der Waals surface area contributed by atoms with Gasteiger partial charge in [-0.25, -0.2) is 0 Å². The first kappa shape index (κ1) is 14.3. The van der Waals surface area contributed by atoms with Crippen LogP contribution in [0.2, 0.25) is 0 Å². The number of amides is 1. The van der Waals surface area contributed by atoms with E-state index >= 15 is 0 Å². The van der Waals surface area contributed by atoms with Crippen LogP contribution in [0, 0.1) is 0 Å². The molecule has 5 nitrogen and oxygen atoms in total. The van der Waals surface area contributed by atoms with Crippen LogP contribution in [0.15, 0.2) is 0 Å². The summed E-state index contributed by atoms with van der Waals surface area (Å²) in [5.74, 6) is -0.570. The van der Waals surface area contributed by atoms with Crippen LogP contribution in [0.1, 0.15) is 27.7 Å². The maximum absolute atomic E-state index is 10.8. The minimum atomic E-state index is -1.11. The molecule has 0 aromatic carbocycles. The van der Waals surface area contributed by atoms with Gasteiger partial charge in [0.25, 0.3) is 0 Å². The molecule has 1 unspecified atom stereocenters. The summed E-state index contributed by atoms with van der Waals surface area (Å²) in [7, 11) is 0. The first-order valence-corrected chi connectivity index (χ1v) is 4.96. The molecule has 0 aliphatic carbocycles. The van der Waals surface area contributed by atoms with E-state index in [4.69, 9.17) is 20.9 Å². The third-order valence-electron chi connectivity index (χ3n) is 1.73. The summed E-state index contributed by atoms with van der Waals surface area (Å²) in [5.41, 5.74) is 9.38. The maximum Gasteiger partial charge on any atom is 0.239 e. The molecule has 0 aromatic heterocycles. The molecule has 0 aliphatic heterocycles. The summed E-state index contributed by atoms with van der Waals surface area (Å²) < 4.78 is 10.6. The van der Waals surface area contributed by atoms with Gasteiger partial charge in [-0.3, -0.25) is 4.79 Å². The van der Waals surface area contributed by atoms with Crippen molar-refractivity contribution in [3.8, 4) is 0 Å². The van der Waals surface area contributed by atoms with Gasteiger partial charge in [-0.15, -0.1) is 0 Å². The quantitative estimate of drug-likeness (QED) is 0.615. The third-order valence-corrected chi connectivity index (χ3v) is 1.73. The van der Waals surface area contributed by atoms with Crippen LogP contribution in [0.4, 0.5) is 0 Å². The molecule has 1 atom stereocenters. The molecule has 0 spiro atoms. The third kappa shape index (κ3) is 7.30. The number of nitrogens with two attached hydrogens (primary N) is 2. The van der Waals surface area contributed by atoms with E-state index in [2.05, 4.69) is 0 Å². The van der Waals surface area contributed by atoms with Gasteiger partial charge in [-0.1, -0.05) is 0 Å². The molecule has 0 aliphatic rings. The molecule has 1 amide bonds. The van der Waals surface area contributed by atoms with Crippen LogP contribution in [-0.2, 0) is 14.3 Å². The van der Waals surface area contributed by atoms with Crippen LogP contribution in [-0.4, -0.2) is 36.9 Å². The fraction of sp³-hybridized carbons (Fsp3) is 0.900. The Morgan fingerprint density at radius 2 is 1.73 bits per heavy atom. The van der Waals surface area contributed by atoms with Crippen LogP contribution in [0.3, 0.4) is 0 Å². The van der Waals surface area contributed by atoms with Crippen LogP contribution in [0.5, 0.6) is 0 Å². The van der Waals surface area contributed by atoms with Crippen molar-refractivity contribution in [2.75, 3.05) is 19.8 Å². The predicted molar refractivity (Wildman–Crippen MR) is 58.3 cm³/mol. The number of ether oxygens (including phenoxy) is 2. The van der Waals surface area contributed by atoms with Gasteiger partial charge in [0.15, 0.2) is 0 Å². The Hall–Kier alpha value is -0.650. The molecule has 15 heavy (non-hydrogen) atoms. The molecule has 0 radical (unpaired) electrons. The monoisotopic (exact) mass is 218 g/mol. The van der Waals surface area contributed by atoms with Crippen LogP contribution >= 0.6 is 0 Å². The highest BCUT2D eigenvalue weighted by Crippen LogP contribution is 2.06. The molecule has 4 N–H and O–H groups in total. The van der Waals surface area contributed by atoms with Crippen molar-refractivity contribution in [3.05, 3.63) is 0 Å². The molecule has 0 rings (SSSR count). The highest BCUT2D eigenvalue weighted by molar-refractivity contribution is 5.83. The Labute approximate surface area is 91.1 Å². The highest BCUT2D eigenvalue weighted by atomic mass is 16.5. The number of carbonyl (C=O) groups is 1. The van der Waals surface area contributed by atoms with E-state index in [0.29, 0.717) is 13.2 Å². The fourth-order valence-corrected chi connectivity index (χ4v) is 0.762. The first-order valence-electron chi connectivity index (χ1n) is 4.96. The van der Waals surface area contributed by atoms with E-state index in [0.717, 1.165) is 0 Å². The standard InChI is InChI=1S/C10H22N2O3/c1-9(2,3)15-6-5-14-7-10(4,12)8(11)13/h5-7,12H2,1-4H3,(H2,11,13). The molecular formula is C10H22N2O3. The predicted octanol–water partition coefficient (Wildman–Crippen LogP) is 0.0208. The Balaban J connectivity index is 3.60. The second-order valence-electron chi connectivity index (χ2n) is 4.80. The van der Waals surface area contributed by atoms with E-state index in [-0.39, 0.29) is 12.2 Å². The zero-order chi connectivity index (χ0) is 12.1. The molecule has 0 bridgehead atoms. The van der Waals surface area contributed by atoms with Gasteiger partial charge in [0.05, 0.1) is 25.4 Å². The van der Waals surface area contributed by atoms with Gasteiger partial charge in [0.1, 0.15) is 5.54 Å². The molecule has 0 fully saturated rings. The average molecular weight is 218 g/mol. The van der Waals surface area contributed by atoms with Gasteiger partial charge < -0.3 is 20.9 Å². The first-order chi connectivity index (χ1) is 6.65. The summed E-state index contributed by atoms with van der Waals surface area (Å²) in [5, 5.41) is 0. The van der Waals surface area contributed by atoms with E-state index in [1.807, 2.05) is 20.8 Å². The lowest BCUT2D eigenvalue weighted by Gasteiger charge is -2.22. The number of hydrogen-bond donors (Lipinski definition) is 2. The van der Waals surface area contributed by atoms with E-state index in [9.17, 15) is 4.79 Å². The fourth-order valence-electron chi connectivity index (χ4n) is 0.762. The molecule has 90 valence electrons. The van der Waals surface area contributed by atoms with Gasteiger partial charge >= 0.3 is 0 Å². The topological polar surface area (TPSA) is 87.6 Å². The number of primary amides is 1. The van der Waals surface area contributed by atoms with Crippen molar-refractivity contribution >= 4 is 5.91 Å². The molecule has 0 aromatic rings. The van der Waals surface area contributed by atoms with Gasteiger partial charge in [0.2, 0.25) is 5.91 Å². The van der Waals surface area contributed by atoms with E-state index in [1.165, 1.54) is 0 Å². The van der Waals surface area contributed by atoms with Crippen molar-refractivity contribution in [1.82, 2.24) is 0 Å². The van der Waals surface area contributed by atoms with Crippen molar-refractivity contribution in [3.63, 3.8) is 0 Å². The minimum Gasteiger partial charge on any atom is -0.377 e. The molecular weight excluding hydrogens is 196 g/mol. The molecule has 0 saturated carbocycles. The SMILES string of the molecule is CC(C)(C)OCCOCC(C)(N)C(N)=O. The smallest absolute Gasteiger partial charge is 0.239 e. The summed E-state index contributed by atoms with van der Waals surface area (Å²) in [6.45, 7) is 8.40. The lowest BCUT2D eigenvalue weighted by atomic mass is 10.1. The van der Waals surface area contributed by atoms with Crippen molar-refractivity contribution in [2.24, 2.45) is 11.5 Å². The second kappa shape index (κ2) is 5.44. The Morgan fingerprint density at radius 3 is 2.13 bits per heavy atom. The van der Waals surface area contributed by atoms with E-state index in [1.54, 1.807) is 6.92 Å². The second-order valence-corrected chi connectivity index (χ2v) is 4.80. The van der Waals surface area contributed by atoms with Crippen molar-refractivity contribution in [2.45, 2.75) is 38.8 Å². The number of hydrogen-bond acceptors (Lipinski definition) is 4. The molecule has 5 heteroatoms. The molecule has 0 saturated heterocycles. The molecule has 0 heterocycles. The average Bonchev–Trinajstić information content (AvgIpc) is 2.00. The van der Waals surface area contributed by atoms with Crippen LogP contribution in [0.25, 0.3) is 0 Å². The van der Waals surface area contributed by atoms with E-state index < -0.39 is 11.4 Å². The highest BCUT2D eigenvalue weighted by Gasteiger charge is 2.25. The Bertz CT molecular complexity index is 209. The Kier molecular flexibility index (Phi) is 5.20. The summed E-state index contributed by atoms with van der Waals surface area (Å²) >= 11 is 0. The minimum absolute atomic E-state index is 0.107. The van der Waals surface area contributed by atoms with Crippen molar-refractivity contribution < 1.29 is 14.3 Å². The zero-order valence-corrected chi connectivity index (χ0v) is 10.0. The lowest BCUT2D eigenvalue weighted by Crippen LogP contribution is -2.53. The van der Waals surface area contributed by atoms with Crippen molar-refractivity contribution in [1.29, 1.82) is 0 Å². The van der Waals surface area contributed by atoms with Gasteiger partial charge in [0, 0.05) is 0 Å². The number of rotatable bonds is 6. The normalized spacial score (nSPS) is 16.1. The largest absolute Gasteiger partial charge is 0.377 e. The summed E-state index contributed by atoms with van der Waals surface area (Å²) in [6, 6.07) is 0. The maximum atomic E-state index is 10.8.